The van der Waals surface area contributed by atoms with Gasteiger partial charge in [0, 0.05) is 28.5 Å². The van der Waals surface area contributed by atoms with E-state index in [9.17, 15) is 9.59 Å². The molecule has 140 valence electrons. The van der Waals surface area contributed by atoms with E-state index in [-0.39, 0.29) is 11.6 Å². The maximum absolute atomic E-state index is 12.6. The molecule has 2 aromatic heterocycles. The molecule has 0 aliphatic carbocycles. The molecule has 4 aromatic rings. The van der Waals surface area contributed by atoms with Gasteiger partial charge in [-0.25, -0.2) is 9.78 Å². The fraction of sp³-hybridized carbons (Fsp3) is 0.0952. The van der Waals surface area contributed by atoms with E-state index in [0.29, 0.717) is 16.0 Å². The summed E-state index contributed by atoms with van der Waals surface area (Å²) in [5, 5.41) is 3.93. The Bertz CT molecular complexity index is 1200. The molecule has 7 heteroatoms. The van der Waals surface area contributed by atoms with Gasteiger partial charge in [0.05, 0.1) is 12.4 Å². The average Bonchev–Trinajstić information content (AvgIpc) is 3.22. The van der Waals surface area contributed by atoms with Crippen molar-refractivity contribution in [3.05, 3.63) is 93.8 Å². The van der Waals surface area contributed by atoms with Crippen LogP contribution >= 0.6 is 11.6 Å². The Kier molecular flexibility index (Phi) is 4.71. The SMILES string of the molecule is C[C@@H](NC(=O)c1cc2cc(Cl)ccc2oc1=O)c1ccc(-n2ccnc2)cc1. The van der Waals surface area contributed by atoms with Crippen molar-refractivity contribution in [2.75, 3.05) is 0 Å². The summed E-state index contributed by atoms with van der Waals surface area (Å²) in [6.45, 7) is 1.85. The number of halogens is 1. The third kappa shape index (κ3) is 3.54. The molecule has 0 saturated heterocycles. The third-order valence-electron chi connectivity index (χ3n) is 4.48. The van der Waals surface area contributed by atoms with E-state index in [1.54, 1.807) is 30.7 Å². The topological polar surface area (TPSA) is 77.1 Å². The molecule has 1 N–H and O–H groups in total. The van der Waals surface area contributed by atoms with Gasteiger partial charge >= 0.3 is 5.63 Å². The average molecular weight is 394 g/mol. The van der Waals surface area contributed by atoms with Crippen LogP contribution in [0.2, 0.25) is 5.02 Å². The first-order valence-corrected chi connectivity index (χ1v) is 9.01. The Morgan fingerprint density at radius 1 is 1.18 bits per heavy atom. The molecule has 2 heterocycles. The lowest BCUT2D eigenvalue weighted by Gasteiger charge is -2.15. The number of fused-ring (bicyclic) bond motifs is 1. The molecule has 0 unspecified atom stereocenters. The van der Waals surface area contributed by atoms with Crippen molar-refractivity contribution in [2.24, 2.45) is 0 Å². The van der Waals surface area contributed by atoms with Gasteiger partial charge in [-0.1, -0.05) is 23.7 Å². The highest BCUT2D eigenvalue weighted by Gasteiger charge is 2.17. The van der Waals surface area contributed by atoms with Gasteiger partial charge in [0.15, 0.2) is 0 Å². The van der Waals surface area contributed by atoms with Gasteiger partial charge in [-0.2, -0.15) is 0 Å². The van der Waals surface area contributed by atoms with Crippen LogP contribution in [-0.4, -0.2) is 15.5 Å². The first kappa shape index (κ1) is 18.0. The quantitative estimate of drug-likeness (QED) is 0.529. The zero-order chi connectivity index (χ0) is 19.7. The van der Waals surface area contributed by atoms with Crippen LogP contribution in [0.5, 0.6) is 0 Å². The number of carbonyl (C=O) groups is 1. The molecule has 0 aliphatic heterocycles. The second-order valence-electron chi connectivity index (χ2n) is 6.39. The molecule has 4 rings (SSSR count). The molecule has 0 spiro atoms. The number of amides is 1. The zero-order valence-corrected chi connectivity index (χ0v) is 15.7. The number of rotatable bonds is 4. The summed E-state index contributed by atoms with van der Waals surface area (Å²) in [7, 11) is 0. The molecule has 0 saturated carbocycles. The van der Waals surface area contributed by atoms with Crippen LogP contribution in [-0.2, 0) is 0 Å². The van der Waals surface area contributed by atoms with Gasteiger partial charge in [-0.15, -0.1) is 0 Å². The van der Waals surface area contributed by atoms with Crippen molar-refractivity contribution in [3.63, 3.8) is 0 Å². The predicted octanol–water partition coefficient (Wildman–Crippen LogP) is 4.12. The van der Waals surface area contributed by atoms with E-state index in [1.807, 2.05) is 42.0 Å². The summed E-state index contributed by atoms with van der Waals surface area (Å²) in [6.07, 6.45) is 5.27. The van der Waals surface area contributed by atoms with Crippen molar-refractivity contribution in [2.45, 2.75) is 13.0 Å². The number of carbonyl (C=O) groups excluding carboxylic acids is 1. The van der Waals surface area contributed by atoms with Crippen LogP contribution in [0, 0.1) is 0 Å². The number of hydrogen-bond donors (Lipinski definition) is 1. The molecule has 0 aliphatic rings. The van der Waals surface area contributed by atoms with Gasteiger partial charge in [-0.3, -0.25) is 4.79 Å². The molecule has 0 radical (unpaired) electrons. The van der Waals surface area contributed by atoms with Crippen LogP contribution in [0.3, 0.4) is 0 Å². The van der Waals surface area contributed by atoms with Gasteiger partial charge < -0.3 is 14.3 Å². The second-order valence-corrected chi connectivity index (χ2v) is 6.82. The van der Waals surface area contributed by atoms with Crippen LogP contribution in [0.4, 0.5) is 0 Å². The van der Waals surface area contributed by atoms with E-state index in [0.717, 1.165) is 11.3 Å². The normalized spacial score (nSPS) is 12.1. The van der Waals surface area contributed by atoms with Crippen molar-refractivity contribution in [1.29, 1.82) is 0 Å². The van der Waals surface area contributed by atoms with Gasteiger partial charge in [0.25, 0.3) is 5.91 Å². The van der Waals surface area contributed by atoms with E-state index < -0.39 is 11.5 Å². The summed E-state index contributed by atoms with van der Waals surface area (Å²) >= 11 is 5.98. The maximum atomic E-state index is 12.6. The van der Waals surface area contributed by atoms with Crippen molar-refractivity contribution in [3.8, 4) is 5.69 Å². The molecule has 2 aromatic carbocycles. The summed E-state index contributed by atoms with van der Waals surface area (Å²) in [4.78, 5) is 28.8. The van der Waals surface area contributed by atoms with Gasteiger partial charge in [-0.05, 0) is 48.9 Å². The molecular weight excluding hydrogens is 378 g/mol. The molecule has 0 bridgehead atoms. The summed E-state index contributed by atoms with van der Waals surface area (Å²) in [5.74, 6) is -0.498. The van der Waals surface area contributed by atoms with Crippen LogP contribution < -0.4 is 10.9 Å². The van der Waals surface area contributed by atoms with Crippen molar-refractivity contribution < 1.29 is 9.21 Å². The lowest BCUT2D eigenvalue weighted by Crippen LogP contribution is -2.30. The highest BCUT2D eigenvalue weighted by molar-refractivity contribution is 6.31. The molecule has 0 fully saturated rings. The van der Waals surface area contributed by atoms with Crippen LogP contribution in [0.25, 0.3) is 16.7 Å². The fourth-order valence-corrected chi connectivity index (χ4v) is 3.14. The van der Waals surface area contributed by atoms with Crippen molar-refractivity contribution >= 4 is 28.5 Å². The smallest absolute Gasteiger partial charge is 0.349 e. The largest absolute Gasteiger partial charge is 0.422 e. The van der Waals surface area contributed by atoms with E-state index in [2.05, 4.69) is 10.3 Å². The maximum Gasteiger partial charge on any atom is 0.349 e. The van der Waals surface area contributed by atoms with Crippen molar-refractivity contribution in [1.82, 2.24) is 14.9 Å². The lowest BCUT2D eigenvalue weighted by atomic mass is 10.1. The molecular formula is C21H16ClN3O3. The van der Waals surface area contributed by atoms with Crippen LogP contribution in [0.15, 0.2) is 76.5 Å². The summed E-state index contributed by atoms with van der Waals surface area (Å²) < 4.78 is 7.12. The van der Waals surface area contributed by atoms with Crippen LogP contribution in [0.1, 0.15) is 28.9 Å². The summed E-state index contributed by atoms with van der Waals surface area (Å²) in [5.41, 5.74) is 1.51. The third-order valence-corrected chi connectivity index (χ3v) is 4.72. The molecule has 6 nitrogen and oxygen atoms in total. The monoisotopic (exact) mass is 393 g/mol. The summed E-state index contributed by atoms with van der Waals surface area (Å²) in [6, 6.07) is 13.8. The highest BCUT2D eigenvalue weighted by atomic mass is 35.5. The Morgan fingerprint density at radius 2 is 1.96 bits per heavy atom. The number of aromatic nitrogens is 2. The number of imidazole rings is 1. The Labute approximate surface area is 165 Å². The van der Waals surface area contributed by atoms with E-state index >= 15 is 0 Å². The number of benzene rings is 2. The predicted molar refractivity (Wildman–Crippen MR) is 107 cm³/mol. The number of nitrogens with zero attached hydrogens (tertiary/aromatic N) is 2. The number of hydrogen-bond acceptors (Lipinski definition) is 4. The Morgan fingerprint density at radius 3 is 2.68 bits per heavy atom. The fourth-order valence-electron chi connectivity index (χ4n) is 2.96. The molecule has 28 heavy (non-hydrogen) atoms. The van der Waals surface area contributed by atoms with E-state index in [4.69, 9.17) is 16.0 Å². The number of nitrogens with one attached hydrogen (secondary N) is 1. The molecule has 1 atom stereocenters. The van der Waals surface area contributed by atoms with E-state index in [1.165, 1.54) is 6.07 Å². The first-order valence-electron chi connectivity index (χ1n) is 8.64. The Hall–Kier alpha value is -3.38. The minimum atomic E-state index is -0.685. The minimum absolute atomic E-state index is 0.0587. The second kappa shape index (κ2) is 7.32. The van der Waals surface area contributed by atoms with Gasteiger partial charge in [0.1, 0.15) is 11.1 Å². The highest BCUT2D eigenvalue weighted by Crippen LogP contribution is 2.20. The standard InChI is InChI=1S/C21H16ClN3O3/c1-13(14-2-5-17(6-3-14)25-9-8-23-12-25)24-20(26)18-11-15-10-16(22)4-7-19(15)28-21(18)27/h2-13H,1H3,(H,24,26)/t13-/m1/s1. The van der Waals surface area contributed by atoms with Gasteiger partial charge in [0.2, 0.25) is 0 Å². The zero-order valence-electron chi connectivity index (χ0n) is 14.9. The minimum Gasteiger partial charge on any atom is -0.422 e. The Balaban J connectivity index is 1.55. The molecule has 1 amide bonds. The first-order chi connectivity index (χ1) is 13.5. The lowest BCUT2D eigenvalue weighted by molar-refractivity contribution is 0.0936.